The third-order valence-electron chi connectivity index (χ3n) is 3.02. The van der Waals surface area contributed by atoms with Crippen molar-refractivity contribution in [3.63, 3.8) is 0 Å². The van der Waals surface area contributed by atoms with Gasteiger partial charge in [0.15, 0.2) is 0 Å². The molecule has 0 radical (unpaired) electrons. The summed E-state index contributed by atoms with van der Waals surface area (Å²) in [5, 5.41) is 11.5. The zero-order valence-electron chi connectivity index (χ0n) is 11.5. The number of benzene rings is 1. The molecular formula is C14H20N2O3. The highest BCUT2D eigenvalue weighted by molar-refractivity contribution is 5.92. The number of nitrogens with zero attached hydrogens (tertiary/aromatic N) is 1. The predicted octanol–water partition coefficient (Wildman–Crippen LogP) is 2.39. The molecule has 0 aromatic heterocycles. The van der Waals surface area contributed by atoms with Gasteiger partial charge >= 0.3 is 12.0 Å². The summed E-state index contributed by atoms with van der Waals surface area (Å²) in [6.07, 6.45) is 0.517. The van der Waals surface area contributed by atoms with E-state index in [1.165, 1.54) is 4.90 Å². The standard InChI is InChI=1S/C14H20N2O3/c1-4-11(9-13(17)18)15-14(19)16(3)12-8-6-5-7-10(12)2/h5-8,11H,4,9H2,1-3H3,(H,15,19)(H,17,18). The Morgan fingerprint density at radius 2 is 2.00 bits per heavy atom. The number of nitrogens with one attached hydrogen (secondary N) is 1. The number of hydrogen-bond acceptors (Lipinski definition) is 2. The zero-order valence-corrected chi connectivity index (χ0v) is 11.5. The maximum atomic E-state index is 12.1. The van der Waals surface area contributed by atoms with E-state index in [-0.39, 0.29) is 18.5 Å². The van der Waals surface area contributed by atoms with Gasteiger partial charge in [-0.25, -0.2) is 4.79 Å². The lowest BCUT2D eigenvalue weighted by molar-refractivity contribution is -0.137. The molecule has 1 aromatic rings. The van der Waals surface area contributed by atoms with Crippen molar-refractivity contribution in [2.75, 3.05) is 11.9 Å². The predicted molar refractivity (Wildman–Crippen MR) is 74.4 cm³/mol. The van der Waals surface area contributed by atoms with Gasteiger partial charge in [0.05, 0.1) is 6.42 Å². The summed E-state index contributed by atoms with van der Waals surface area (Å²) in [7, 11) is 1.67. The average molecular weight is 264 g/mol. The normalized spacial score (nSPS) is 11.7. The average Bonchev–Trinajstić information content (AvgIpc) is 2.37. The molecule has 1 aromatic carbocycles. The van der Waals surface area contributed by atoms with Crippen LogP contribution in [0.5, 0.6) is 0 Å². The first-order valence-electron chi connectivity index (χ1n) is 6.27. The second kappa shape index (κ2) is 6.78. The molecule has 2 N–H and O–H groups in total. The van der Waals surface area contributed by atoms with Gasteiger partial charge in [-0.2, -0.15) is 0 Å². The topological polar surface area (TPSA) is 69.6 Å². The fraction of sp³-hybridized carbons (Fsp3) is 0.429. The van der Waals surface area contributed by atoms with Crippen molar-refractivity contribution in [2.45, 2.75) is 32.7 Å². The number of carboxylic acids is 1. The summed E-state index contributed by atoms with van der Waals surface area (Å²) in [6.45, 7) is 3.77. The maximum Gasteiger partial charge on any atom is 0.321 e. The Morgan fingerprint density at radius 1 is 1.37 bits per heavy atom. The Bertz CT molecular complexity index is 460. The number of rotatable bonds is 5. The van der Waals surface area contributed by atoms with Crippen LogP contribution < -0.4 is 10.2 Å². The monoisotopic (exact) mass is 264 g/mol. The summed E-state index contributed by atoms with van der Waals surface area (Å²) in [5.41, 5.74) is 1.80. The fourth-order valence-corrected chi connectivity index (χ4v) is 1.83. The van der Waals surface area contributed by atoms with E-state index in [9.17, 15) is 9.59 Å². The van der Waals surface area contributed by atoms with Gasteiger partial charge in [-0.1, -0.05) is 25.1 Å². The van der Waals surface area contributed by atoms with Gasteiger partial charge in [-0.3, -0.25) is 9.69 Å². The number of amides is 2. The molecule has 0 saturated carbocycles. The van der Waals surface area contributed by atoms with Crippen LogP contribution in [0.15, 0.2) is 24.3 Å². The first-order chi connectivity index (χ1) is 8.95. The lowest BCUT2D eigenvalue weighted by Crippen LogP contribution is -2.44. The van der Waals surface area contributed by atoms with Crippen LogP contribution in [0, 0.1) is 6.92 Å². The SMILES string of the molecule is CCC(CC(=O)O)NC(=O)N(C)c1ccccc1C. The molecule has 0 aliphatic rings. The van der Waals surface area contributed by atoms with Crippen LogP contribution in [-0.4, -0.2) is 30.2 Å². The van der Waals surface area contributed by atoms with Crippen molar-refractivity contribution >= 4 is 17.7 Å². The number of hydrogen-bond donors (Lipinski definition) is 2. The molecular weight excluding hydrogens is 244 g/mol. The van der Waals surface area contributed by atoms with E-state index in [0.29, 0.717) is 6.42 Å². The summed E-state index contributed by atoms with van der Waals surface area (Å²) in [4.78, 5) is 24.2. The molecule has 2 amide bonds. The number of carbonyl (C=O) groups excluding carboxylic acids is 1. The van der Waals surface area contributed by atoms with Crippen molar-refractivity contribution in [3.8, 4) is 0 Å². The van der Waals surface area contributed by atoms with Crippen LogP contribution in [0.1, 0.15) is 25.3 Å². The molecule has 1 atom stereocenters. The van der Waals surface area contributed by atoms with Gasteiger partial charge in [-0.15, -0.1) is 0 Å². The Hall–Kier alpha value is -2.04. The molecule has 1 unspecified atom stereocenters. The molecule has 0 fully saturated rings. The number of para-hydroxylation sites is 1. The maximum absolute atomic E-state index is 12.1. The van der Waals surface area contributed by atoms with E-state index < -0.39 is 5.97 Å². The highest BCUT2D eigenvalue weighted by Crippen LogP contribution is 2.17. The van der Waals surface area contributed by atoms with Crippen LogP contribution in [0.25, 0.3) is 0 Å². The molecule has 0 bridgehead atoms. The van der Waals surface area contributed by atoms with E-state index in [1.807, 2.05) is 38.1 Å². The summed E-state index contributed by atoms with van der Waals surface area (Å²) >= 11 is 0. The van der Waals surface area contributed by atoms with Crippen LogP contribution in [0.3, 0.4) is 0 Å². The van der Waals surface area contributed by atoms with Gasteiger partial charge in [0.1, 0.15) is 0 Å². The lowest BCUT2D eigenvalue weighted by Gasteiger charge is -2.23. The second-order valence-corrected chi connectivity index (χ2v) is 4.50. The fourth-order valence-electron chi connectivity index (χ4n) is 1.83. The highest BCUT2D eigenvalue weighted by Gasteiger charge is 2.18. The van der Waals surface area contributed by atoms with Crippen LogP contribution in [0.4, 0.5) is 10.5 Å². The van der Waals surface area contributed by atoms with E-state index in [1.54, 1.807) is 7.05 Å². The minimum absolute atomic E-state index is 0.0656. The third-order valence-corrected chi connectivity index (χ3v) is 3.02. The summed E-state index contributed by atoms with van der Waals surface area (Å²) in [6, 6.07) is 6.91. The molecule has 0 aliphatic heterocycles. The van der Waals surface area contributed by atoms with E-state index in [4.69, 9.17) is 5.11 Å². The van der Waals surface area contributed by atoms with Crippen LogP contribution in [-0.2, 0) is 4.79 Å². The molecule has 0 heterocycles. The molecule has 1 rings (SSSR count). The molecule has 5 heteroatoms. The third kappa shape index (κ3) is 4.28. The molecule has 104 valence electrons. The van der Waals surface area contributed by atoms with Gasteiger partial charge in [0.2, 0.25) is 0 Å². The van der Waals surface area contributed by atoms with E-state index in [0.717, 1.165) is 11.3 Å². The van der Waals surface area contributed by atoms with Crippen molar-refractivity contribution < 1.29 is 14.7 Å². The number of aliphatic carboxylic acids is 1. The zero-order chi connectivity index (χ0) is 14.4. The number of anilines is 1. The first-order valence-corrected chi connectivity index (χ1v) is 6.27. The number of carboxylic acid groups (broad SMARTS) is 1. The molecule has 0 saturated heterocycles. The van der Waals surface area contributed by atoms with Gasteiger partial charge in [0, 0.05) is 18.8 Å². The second-order valence-electron chi connectivity index (χ2n) is 4.50. The van der Waals surface area contributed by atoms with Crippen LogP contribution >= 0.6 is 0 Å². The van der Waals surface area contributed by atoms with E-state index >= 15 is 0 Å². The largest absolute Gasteiger partial charge is 0.481 e. The van der Waals surface area contributed by atoms with Gasteiger partial charge < -0.3 is 10.4 Å². The summed E-state index contributed by atoms with van der Waals surface area (Å²) < 4.78 is 0. The molecule has 0 aliphatic carbocycles. The van der Waals surface area contributed by atoms with Gasteiger partial charge in [-0.05, 0) is 25.0 Å². The smallest absolute Gasteiger partial charge is 0.321 e. The van der Waals surface area contributed by atoms with Crippen LogP contribution in [0.2, 0.25) is 0 Å². The minimum atomic E-state index is -0.911. The highest BCUT2D eigenvalue weighted by atomic mass is 16.4. The molecule has 0 spiro atoms. The Kier molecular flexibility index (Phi) is 5.36. The molecule has 5 nitrogen and oxygen atoms in total. The van der Waals surface area contributed by atoms with Crippen molar-refractivity contribution in [2.24, 2.45) is 0 Å². The van der Waals surface area contributed by atoms with Crippen molar-refractivity contribution in [3.05, 3.63) is 29.8 Å². The number of urea groups is 1. The van der Waals surface area contributed by atoms with Crippen molar-refractivity contribution in [1.82, 2.24) is 5.32 Å². The minimum Gasteiger partial charge on any atom is -0.481 e. The number of carbonyl (C=O) groups is 2. The number of aryl methyl sites for hydroxylation is 1. The van der Waals surface area contributed by atoms with E-state index in [2.05, 4.69) is 5.32 Å². The lowest BCUT2D eigenvalue weighted by atomic mass is 10.1. The van der Waals surface area contributed by atoms with Gasteiger partial charge in [0.25, 0.3) is 0 Å². The Balaban J connectivity index is 2.72. The van der Waals surface area contributed by atoms with Crippen molar-refractivity contribution in [1.29, 1.82) is 0 Å². The molecule has 19 heavy (non-hydrogen) atoms. The quantitative estimate of drug-likeness (QED) is 0.858. The first kappa shape index (κ1) is 15.0. The Morgan fingerprint density at radius 3 is 2.53 bits per heavy atom. The Labute approximate surface area is 113 Å². The summed E-state index contributed by atoms with van der Waals surface area (Å²) in [5.74, 6) is -0.911.